The van der Waals surface area contributed by atoms with Gasteiger partial charge in [0, 0.05) is 17.5 Å². The van der Waals surface area contributed by atoms with Crippen LogP contribution in [0.25, 0.3) is 0 Å². The fourth-order valence-corrected chi connectivity index (χ4v) is 9.24. The summed E-state index contributed by atoms with van der Waals surface area (Å²) in [6.07, 6.45) is 15.3. The second-order valence-corrected chi connectivity index (χ2v) is 13.7. The average Bonchev–Trinajstić information content (AvgIpc) is 2.82. The first-order valence-corrected chi connectivity index (χ1v) is 14.2. The van der Waals surface area contributed by atoms with Crippen molar-refractivity contribution in [3.8, 4) is 0 Å². The van der Waals surface area contributed by atoms with Gasteiger partial charge in [-0.05, 0) is 110 Å². The number of aliphatic hydroxyl groups is 1. The smallest absolute Gasteiger partial charge is 0.220 e. The quantitative estimate of drug-likeness (QED) is 0.454. The van der Waals surface area contributed by atoms with Crippen molar-refractivity contribution in [1.82, 2.24) is 4.90 Å². The summed E-state index contributed by atoms with van der Waals surface area (Å²) in [5.74, 6) is 1.17. The second-order valence-electron chi connectivity index (χ2n) is 13.7. The summed E-state index contributed by atoms with van der Waals surface area (Å²) in [6.45, 7) is 20.1. The Labute approximate surface area is 213 Å². The molecule has 5 unspecified atom stereocenters. The number of aliphatic hydroxyl groups excluding tert-OH is 1. The van der Waals surface area contributed by atoms with Crippen molar-refractivity contribution >= 4 is 5.78 Å². The second kappa shape index (κ2) is 8.20. The van der Waals surface area contributed by atoms with Gasteiger partial charge in [0.2, 0.25) is 5.78 Å². The predicted octanol–water partition coefficient (Wildman–Crippen LogP) is 7.56. The van der Waals surface area contributed by atoms with E-state index >= 15 is 0 Å². The van der Waals surface area contributed by atoms with E-state index in [-0.39, 0.29) is 22.4 Å². The maximum Gasteiger partial charge on any atom is 0.220 e. The molecule has 0 aromatic heterocycles. The predicted molar refractivity (Wildman–Crippen MR) is 144 cm³/mol. The molecule has 1 N–H and O–H groups in total. The van der Waals surface area contributed by atoms with E-state index < -0.39 is 0 Å². The van der Waals surface area contributed by atoms with Crippen LogP contribution in [0.5, 0.6) is 0 Å². The maximum atomic E-state index is 12.6. The third-order valence-electron chi connectivity index (χ3n) is 11.7. The van der Waals surface area contributed by atoms with Gasteiger partial charge in [-0.25, -0.2) is 0 Å². The van der Waals surface area contributed by atoms with Gasteiger partial charge < -0.3 is 10.0 Å². The molecule has 3 nitrogen and oxygen atoms in total. The molecule has 0 saturated heterocycles. The zero-order chi connectivity index (χ0) is 25.4. The van der Waals surface area contributed by atoms with Crippen molar-refractivity contribution in [2.75, 3.05) is 19.6 Å². The molecule has 0 bridgehead atoms. The highest BCUT2D eigenvalue weighted by Crippen LogP contribution is 2.70. The highest BCUT2D eigenvalue weighted by Gasteiger charge is 2.61. The average molecular weight is 478 g/mol. The van der Waals surface area contributed by atoms with Crippen molar-refractivity contribution in [2.24, 2.45) is 33.5 Å². The Morgan fingerprint density at radius 3 is 2.34 bits per heavy atom. The molecule has 0 spiro atoms. The Morgan fingerprint density at radius 1 is 0.971 bits per heavy atom. The molecule has 35 heavy (non-hydrogen) atoms. The van der Waals surface area contributed by atoms with Crippen LogP contribution in [0, 0.1) is 33.5 Å². The van der Waals surface area contributed by atoms with Crippen LogP contribution in [0.2, 0.25) is 0 Å². The van der Waals surface area contributed by atoms with Gasteiger partial charge in [-0.1, -0.05) is 59.3 Å². The number of carbonyl (C=O) groups excluding carboxylic acids is 1. The van der Waals surface area contributed by atoms with Gasteiger partial charge in [0.15, 0.2) is 5.76 Å². The molecule has 0 radical (unpaired) electrons. The monoisotopic (exact) mass is 477 g/mol. The molecule has 0 aromatic rings. The first kappa shape index (κ1) is 25.1. The molecule has 0 amide bonds. The minimum atomic E-state index is -0.222. The van der Waals surface area contributed by atoms with Crippen LogP contribution in [0.4, 0.5) is 0 Å². The number of carbonyl (C=O) groups is 1. The van der Waals surface area contributed by atoms with E-state index in [1.807, 2.05) is 6.92 Å². The van der Waals surface area contributed by atoms with Crippen LogP contribution < -0.4 is 0 Å². The Bertz CT molecular complexity index is 1060. The fraction of sp³-hybridized carbons (Fsp3) is 0.719. The molecule has 5 rings (SSSR count). The van der Waals surface area contributed by atoms with E-state index in [0.29, 0.717) is 16.7 Å². The van der Waals surface area contributed by atoms with Crippen molar-refractivity contribution < 1.29 is 9.90 Å². The number of rotatable bonds is 4. The van der Waals surface area contributed by atoms with Gasteiger partial charge in [0.25, 0.3) is 0 Å². The Hall–Kier alpha value is -1.61. The van der Waals surface area contributed by atoms with Crippen molar-refractivity contribution in [3.05, 3.63) is 46.3 Å². The molecule has 0 heterocycles. The molecular weight excluding hydrogens is 430 g/mol. The molecule has 5 aliphatic rings. The summed E-state index contributed by atoms with van der Waals surface area (Å²) in [5.41, 5.74) is 5.44. The third-order valence-corrected chi connectivity index (χ3v) is 11.7. The standard InChI is InChI=1S/C32H47NO2/c1-8-33(9-2)20-29(4)14-15-30(5)16-17-32(7)23(25(30)19-29)12-13-31(6)24-18-26(34)28(35)21(3)22(24)10-11-27(31)32/h10-11,18,23,25,35H,8-9,12-17,19-20H2,1-7H3/t23?,25?,29-,30?,31?,32?/m1/s1. The van der Waals surface area contributed by atoms with Crippen LogP contribution in [0.3, 0.4) is 0 Å². The zero-order valence-electron chi connectivity index (χ0n) is 23.3. The molecule has 3 fully saturated rings. The first-order chi connectivity index (χ1) is 16.4. The van der Waals surface area contributed by atoms with E-state index in [2.05, 4.69) is 58.6 Å². The Kier molecular flexibility index (Phi) is 5.87. The number of fused-ring (bicyclic) bond motifs is 7. The van der Waals surface area contributed by atoms with Crippen molar-refractivity contribution in [2.45, 2.75) is 93.4 Å². The molecule has 0 aliphatic heterocycles. The van der Waals surface area contributed by atoms with Crippen molar-refractivity contribution in [1.29, 1.82) is 0 Å². The normalized spacial score (nSPS) is 43.0. The van der Waals surface area contributed by atoms with Gasteiger partial charge >= 0.3 is 0 Å². The Balaban J connectivity index is 1.52. The highest BCUT2D eigenvalue weighted by atomic mass is 16.3. The number of hydrogen-bond acceptors (Lipinski definition) is 3. The minimum Gasteiger partial charge on any atom is -0.504 e. The summed E-state index contributed by atoms with van der Waals surface area (Å²) in [7, 11) is 0. The van der Waals surface area contributed by atoms with Gasteiger partial charge in [-0.3, -0.25) is 4.79 Å². The summed E-state index contributed by atoms with van der Waals surface area (Å²) in [6, 6.07) is 0. The third kappa shape index (κ3) is 3.58. The van der Waals surface area contributed by atoms with E-state index in [1.165, 1.54) is 45.1 Å². The van der Waals surface area contributed by atoms with Crippen molar-refractivity contribution in [3.63, 3.8) is 0 Å². The number of hydrogen-bond donors (Lipinski definition) is 1. The highest BCUT2D eigenvalue weighted by molar-refractivity contribution is 6.06. The SMILES string of the molecule is CCN(CC)C[C@]1(C)CCC2(C)CCC3(C)C4=CC=C5C(=CC(=O)C(O)=C5C)C4(C)CCC3C2C1. The summed E-state index contributed by atoms with van der Waals surface area (Å²) in [5, 5.41) is 10.3. The zero-order valence-corrected chi connectivity index (χ0v) is 23.3. The van der Waals surface area contributed by atoms with E-state index in [0.717, 1.165) is 42.1 Å². The molecule has 5 aliphatic carbocycles. The van der Waals surface area contributed by atoms with Crippen LogP contribution in [0.1, 0.15) is 93.4 Å². The van der Waals surface area contributed by atoms with Crippen LogP contribution in [-0.2, 0) is 4.79 Å². The lowest BCUT2D eigenvalue weighted by Gasteiger charge is -2.65. The lowest BCUT2D eigenvalue weighted by atomic mass is 9.39. The van der Waals surface area contributed by atoms with Gasteiger partial charge in [-0.15, -0.1) is 0 Å². The first-order valence-electron chi connectivity index (χ1n) is 14.2. The minimum absolute atomic E-state index is 0.0801. The van der Waals surface area contributed by atoms with Crippen LogP contribution in [0.15, 0.2) is 46.3 Å². The molecule has 3 heteroatoms. The topological polar surface area (TPSA) is 40.5 Å². The van der Waals surface area contributed by atoms with Gasteiger partial charge in [0.1, 0.15) is 0 Å². The largest absolute Gasteiger partial charge is 0.504 e. The summed E-state index contributed by atoms with van der Waals surface area (Å²) < 4.78 is 0. The van der Waals surface area contributed by atoms with Gasteiger partial charge in [-0.2, -0.15) is 0 Å². The van der Waals surface area contributed by atoms with Gasteiger partial charge in [0.05, 0.1) is 0 Å². The molecule has 3 saturated carbocycles. The van der Waals surface area contributed by atoms with E-state index in [1.54, 1.807) is 11.6 Å². The maximum absolute atomic E-state index is 12.6. The molecule has 6 atom stereocenters. The van der Waals surface area contributed by atoms with Crippen LogP contribution in [-0.4, -0.2) is 35.4 Å². The number of nitrogens with zero attached hydrogens (tertiary/aromatic N) is 1. The number of allylic oxidation sites excluding steroid dienone is 7. The lowest BCUT2D eigenvalue weighted by molar-refractivity contribution is -0.114. The van der Waals surface area contributed by atoms with E-state index in [9.17, 15) is 9.90 Å². The lowest BCUT2D eigenvalue weighted by Crippen LogP contribution is -2.57. The summed E-state index contributed by atoms with van der Waals surface area (Å²) in [4.78, 5) is 15.3. The number of ketones is 1. The Morgan fingerprint density at radius 2 is 1.66 bits per heavy atom. The molecule has 192 valence electrons. The van der Waals surface area contributed by atoms with Crippen LogP contribution >= 0.6 is 0 Å². The molecular formula is C32H47NO2. The summed E-state index contributed by atoms with van der Waals surface area (Å²) >= 11 is 0. The van der Waals surface area contributed by atoms with E-state index in [4.69, 9.17) is 0 Å². The fourth-order valence-electron chi connectivity index (χ4n) is 9.24. The molecule has 0 aromatic carbocycles.